The zero-order valence-electron chi connectivity index (χ0n) is 7.61. The molecular weight excluding hydrogens is 243 g/mol. The van der Waals surface area contributed by atoms with Crippen LogP contribution in [-0.2, 0) is 17.3 Å². The normalized spacial score (nSPS) is 12.2. The SMILES string of the molecule is Cn1cc(S(=O)(=O)F)c2ccnc(Cl)c21. The number of fused-ring (bicyclic) bond motifs is 1. The van der Waals surface area contributed by atoms with Crippen molar-refractivity contribution in [1.29, 1.82) is 0 Å². The summed E-state index contributed by atoms with van der Waals surface area (Å²) in [5.41, 5.74) is 0.399. The lowest BCUT2D eigenvalue weighted by atomic mass is 10.3. The van der Waals surface area contributed by atoms with Gasteiger partial charge in [0.05, 0.1) is 5.52 Å². The maximum absolute atomic E-state index is 12.9. The van der Waals surface area contributed by atoms with Crippen molar-refractivity contribution in [3.8, 4) is 0 Å². The summed E-state index contributed by atoms with van der Waals surface area (Å²) in [5.74, 6) is 0. The predicted molar refractivity (Wildman–Crippen MR) is 54.0 cm³/mol. The molecule has 0 fully saturated rings. The molecule has 0 unspecified atom stereocenters. The van der Waals surface area contributed by atoms with E-state index in [9.17, 15) is 12.3 Å². The highest BCUT2D eigenvalue weighted by Crippen LogP contribution is 2.29. The maximum atomic E-state index is 12.9. The average molecular weight is 249 g/mol. The van der Waals surface area contributed by atoms with E-state index in [1.54, 1.807) is 7.05 Å². The van der Waals surface area contributed by atoms with Gasteiger partial charge in [-0.15, -0.1) is 3.89 Å². The van der Waals surface area contributed by atoms with Gasteiger partial charge in [0.25, 0.3) is 0 Å². The van der Waals surface area contributed by atoms with Gasteiger partial charge in [-0.3, -0.25) is 0 Å². The molecule has 0 aliphatic carbocycles. The number of rotatable bonds is 1. The van der Waals surface area contributed by atoms with Crippen molar-refractivity contribution in [2.75, 3.05) is 0 Å². The van der Waals surface area contributed by atoms with Gasteiger partial charge in [-0.2, -0.15) is 8.42 Å². The number of nitrogens with zero attached hydrogens (tertiary/aromatic N) is 2. The first-order valence-corrected chi connectivity index (χ1v) is 5.71. The number of aryl methyl sites for hydroxylation is 1. The van der Waals surface area contributed by atoms with Crippen LogP contribution < -0.4 is 0 Å². The number of hydrogen-bond donors (Lipinski definition) is 0. The summed E-state index contributed by atoms with van der Waals surface area (Å²) in [6, 6.07) is 1.41. The van der Waals surface area contributed by atoms with Crippen LogP contribution in [0.5, 0.6) is 0 Å². The van der Waals surface area contributed by atoms with E-state index in [-0.39, 0.29) is 15.4 Å². The number of pyridine rings is 1. The highest BCUT2D eigenvalue weighted by Gasteiger charge is 2.20. The van der Waals surface area contributed by atoms with Crippen LogP contribution in [0.15, 0.2) is 23.4 Å². The average Bonchev–Trinajstić information content (AvgIpc) is 2.44. The quantitative estimate of drug-likeness (QED) is 0.572. The molecular formula is C8H6ClFN2O2S. The minimum Gasteiger partial charge on any atom is -0.347 e. The van der Waals surface area contributed by atoms with Crippen LogP contribution in [0.2, 0.25) is 5.15 Å². The second-order valence-corrected chi connectivity index (χ2v) is 4.71. The molecule has 15 heavy (non-hydrogen) atoms. The van der Waals surface area contributed by atoms with Crippen LogP contribution in [-0.4, -0.2) is 18.0 Å². The molecule has 0 N–H and O–H groups in total. The molecule has 80 valence electrons. The summed E-state index contributed by atoms with van der Waals surface area (Å²) in [6.45, 7) is 0. The second kappa shape index (κ2) is 3.18. The summed E-state index contributed by atoms with van der Waals surface area (Å²) < 4.78 is 36.0. The molecule has 7 heteroatoms. The molecule has 0 amide bonds. The van der Waals surface area contributed by atoms with E-state index >= 15 is 0 Å². The van der Waals surface area contributed by atoms with E-state index in [1.165, 1.54) is 23.0 Å². The van der Waals surface area contributed by atoms with Crippen molar-refractivity contribution in [1.82, 2.24) is 9.55 Å². The van der Waals surface area contributed by atoms with Gasteiger partial charge in [-0.1, -0.05) is 11.6 Å². The first-order chi connectivity index (χ1) is 6.91. The lowest BCUT2D eigenvalue weighted by molar-refractivity contribution is 0.553. The Bertz CT molecular complexity index is 635. The third-order valence-corrected chi connectivity index (χ3v) is 3.20. The molecule has 0 aromatic carbocycles. The molecule has 0 aliphatic heterocycles. The fourth-order valence-corrected chi connectivity index (χ4v) is 2.47. The van der Waals surface area contributed by atoms with Gasteiger partial charge in [-0.05, 0) is 6.07 Å². The monoisotopic (exact) mass is 248 g/mol. The molecule has 2 heterocycles. The van der Waals surface area contributed by atoms with Crippen molar-refractivity contribution in [3.63, 3.8) is 0 Å². The first kappa shape index (κ1) is 10.4. The van der Waals surface area contributed by atoms with Gasteiger partial charge in [0, 0.05) is 24.8 Å². The largest absolute Gasteiger partial charge is 0.347 e. The molecule has 0 saturated heterocycles. The van der Waals surface area contributed by atoms with Crippen molar-refractivity contribution < 1.29 is 12.3 Å². The molecule has 0 aliphatic rings. The first-order valence-electron chi connectivity index (χ1n) is 3.95. The Labute approximate surface area is 90.5 Å². The Kier molecular flexibility index (Phi) is 2.20. The minimum absolute atomic E-state index is 0.143. The molecule has 0 spiro atoms. The van der Waals surface area contributed by atoms with Crippen molar-refractivity contribution in [2.45, 2.75) is 4.90 Å². The van der Waals surface area contributed by atoms with Crippen molar-refractivity contribution in [3.05, 3.63) is 23.6 Å². The zero-order valence-corrected chi connectivity index (χ0v) is 9.18. The van der Waals surface area contributed by atoms with Gasteiger partial charge in [0.1, 0.15) is 4.90 Å². The maximum Gasteiger partial charge on any atom is 0.334 e. The lowest BCUT2D eigenvalue weighted by Gasteiger charge is -1.96. The molecule has 0 saturated carbocycles. The summed E-state index contributed by atoms with van der Waals surface area (Å²) in [5, 5.41) is 0.380. The van der Waals surface area contributed by atoms with Crippen LogP contribution in [0, 0.1) is 0 Å². The lowest BCUT2D eigenvalue weighted by Crippen LogP contribution is -1.89. The molecule has 0 atom stereocenters. The molecule has 2 aromatic rings. The van der Waals surface area contributed by atoms with E-state index in [0.717, 1.165) is 0 Å². The Morgan fingerprint density at radius 1 is 1.53 bits per heavy atom. The predicted octanol–water partition coefficient (Wildman–Crippen LogP) is 1.88. The van der Waals surface area contributed by atoms with Crippen LogP contribution >= 0.6 is 11.6 Å². The van der Waals surface area contributed by atoms with E-state index in [1.807, 2.05) is 0 Å². The van der Waals surface area contributed by atoms with E-state index in [0.29, 0.717) is 5.52 Å². The molecule has 4 nitrogen and oxygen atoms in total. The third-order valence-electron chi connectivity index (χ3n) is 2.07. The number of aromatic nitrogens is 2. The summed E-state index contributed by atoms with van der Waals surface area (Å²) in [7, 11) is -3.16. The summed E-state index contributed by atoms with van der Waals surface area (Å²) >= 11 is 5.78. The summed E-state index contributed by atoms with van der Waals surface area (Å²) in [4.78, 5) is 3.41. The van der Waals surface area contributed by atoms with Crippen molar-refractivity contribution >= 4 is 32.7 Å². The highest BCUT2D eigenvalue weighted by atomic mass is 35.5. The fraction of sp³-hybridized carbons (Fsp3) is 0.125. The molecule has 2 rings (SSSR count). The highest BCUT2D eigenvalue weighted by molar-refractivity contribution is 7.86. The van der Waals surface area contributed by atoms with Crippen molar-refractivity contribution in [2.24, 2.45) is 7.05 Å². The number of hydrogen-bond acceptors (Lipinski definition) is 3. The zero-order chi connectivity index (χ0) is 11.2. The minimum atomic E-state index is -4.73. The van der Waals surface area contributed by atoms with Crippen LogP contribution in [0.1, 0.15) is 0 Å². The Balaban J connectivity index is 2.98. The Morgan fingerprint density at radius 2 is 2.20 bits per heavy atom. The second-order valence-electron chi connectivity index (χ2n) is 3.04. The Morgan fingerprint density at radius 3 is 2.80 bits per heavy atom. The molecule has 0 bridgehead atoms. The van der Waals surface area contributed by atoms with Gasteiger partial charge < -0.3 is 4.57 Å². The number of halogens is 2. The topological polar surface area (TPSA) is 52.0 Å². The van der Waals surface area contributed by atoms with Gasteiger partial charge in [-0.25, -0.2) is 4.98 Å². The van der Waals surface area contributed by atoms with E-state index < -0.39 is 10.2 Å². The van der Waals surface area contributed by atoms with Gasteiger partial charge >= 0.3 is 10.2 Å². The molecule has 0 radical (unpaired) electrons. The summed E-state index contributed by atoms with van der Waals surface area (Å²) in [6.07, 6.45) is 2.51. The van der Waals surface area contributed by atoms with Gasteiger partial charge in [0.15, 0.2) is 5.15 Å². The molecule has 2 aromatic heterocycles. The Hall–Kier alpha value is -1.14. The third kappa shape index (κ3) is 1.59. The van der Waals surface area contributed by atoms with E-state index in [2.05, 4.69) is 4.98 Å². The standard InChI is InChI=1S/C8H6ClFN2O2S/c1-12-4-6(15(10,13)14)5-2-3-11-8(9)7(5)12/h2-4H,1H3. The smallest absolute Gasteiger partial charge is 0.334 e. The van der Waals surface area contributed by atoms with Crippen LogP contribution in [0.25, 0.3) is 10.9 Å². The van der Waals surface area contributed by atoms with Gasteiger partial charge in [0.2, 0.25) is 0 Å². The van der Waals surface area contributed by atoms with E-state index in [4.69, 9.17) is 11.6 Å². The van der Waals surface area contributed by atoms with Crippen LogP contribution in [0.3, 0.4) is 0 Å². The van der Waals surface area contributed by atoms with Crippen LogP contribution in [0.4, 0.5) is 3.89 Å². The fourth-order valence-electron chi connectivity index (χ4n) is 1.47.